The normalized spacial score (nSPS) is 11.9. The zero-order chi connectivity index (χ0) is 13.2. The molecule has 2 rings (SSSR count). The Balaban J connectivity index is 2.07. The Kier molecular flexibility index (Phi) is 3.50. The van der Waals surface area contributed by atoms with Crippen molar-refractivity contribution in [3.63, 3.8) is 0 Å². The first-order valence-corrected chi connectivity index (χ1v) is 6.69. The molecule has 0 spiro atoms. The third kappa shape index (κ3) is 2.78. The van der Waals surface area contributed by atoms with E-state index in [1.165, 1.54) is 18.3 Å². The number of nitrogens with one attached hydrogen (secondary N) is 1. The molecule has 3 N–H and O–H groups in total. The highest BCUT2D eigenvalue weighted by atomic mass is 32.2. The molecule has 0 radical (unpaired) electrons. The molecule has 0 aliphatic rings. The van der Waals surface area contributed by atoms with Crippen molar-refractivity contribution in [3.8, 4) is 0 Å². The Morgan fingerprint density at radius 2 is 2.17 bits per heavy atom. The Hall–Kier alpha value is -1.64. The maximum Gasteiger partial charge on any atom is 0.274 e. The fourth-order valence-electron chi connectivity index (χ4n) is 1.32. The molecular weight excluding hydrogens is 258 g/mol. The number of aryl methyl sites for hydroxylation is 1. The van der Waals surface area contributed by atoms with E-state index in [-0.39, 0.29) is 18.2 Å². The fraction of sp³-hybridized carbons (Fsp3) is 0.300. The van der Waals surface area contributed by atoms with E-state index in [0.29, 0.717) is 17.4 Å². The number of sulfonamides is 1. The summed E-state index contributed by atoms with van der Waals surface area (Å²) in [6, 6.07) is 2.87. The third-order valence-electron chi connectivity index (χ3n) is 2.19. The van der Waals surface area contributed by atoms with E-state index in [0.717, 1.165) is 0 Å². The standard InChI is InChI=1S/C10H13N3O4S/c1-7-5-12-9(16-7)6-13-18(14,15)10-3-2-8(4-11)17-10/h2-3,5,13H,4,6,11H2,1H3. The van der Waals surface area contributed by atoms with Crippen molar-refractivity contribution in [1.29, 1.82) is 0 Å². The lowest BCUT2D eigenvalue weighted by atomic mass is 10.5. The highest BCUT2D eigenvalue weighted by Gasteiger charge is 2.19. The van der Waals surface area contributed by atoms with Crippen molar-refractivity contribution in [2.24, 2.45) is 5.73 Å². The molecule has 0 fully saturated rings. The smallest absolute Gasteiger partial charge is 0.274 e. The van der Waals surface area contributed by atoms with E-state index >= 15 is 0 Å². The minimum absolute atomic E-state index is 0.0329. The van der Waals surface area contributed by atoms with Crippen molar-refractivity contribution in [3.05, 3.63) is 35.7 Å². The molecule has 0 saturated heterocycles. The predicted molar refractivity (Wildman–Crippen MR) is 61.9 cm³/mol. The van der Waals surface area contributed by atoms with Crippen LogP contribution in [0.25, 0.3) is 0 Å². The number of aromatic nitrogens is 1. The van der Waals surface area contributed by atoms with Gasteiger partial charge in [0.05, 0.1) is 19.3 Å². The Morgan fingerprint density at radius 1 is 1.39 bits per heavy atom. The highest BCUT2D eigenvalue weighted by Crippen LogP contribution is 2.13. The van der Waals surface area contributed by atoms with Crippen LogP contribution in [0.4, 0.5) is 0 Å². The first kappa shape index (κ1) is 12.8. The first-order chi connectivity index (χ1) is 8.51. The maximum absolute atomic E-state index is 11.8. The van der Waals surface area contributed by atoms with Gasteiger partial charge in [0.15, 0.2) is 0 Å². The molecule has 0 saturated carbocycles. The number of furan rings is 1. The molecule has 98 valence electrons. The van der Waals surface area contributed by atoms with Crippen LogP contribution in [0.15, 0.2) is 32.3 Å². The van der Waals surface area contributed by atoms with E-state index in [1.54, 1.807) is 6.92 Å². The van der Waals surface area contributed by atoms with Crippen LogP contribution in [-0.4, -0.2) is 13.4 Å². The van der Waals surface area contributed by atoms with Crippen LogP contribution in [0.2, 0.25) is 0 Å². The Labute approximate surface area is 104 Å². The summed E-state index contributed by atoms with van der Waals surface area (Å²) >= 11 is 0. The monoisotopic (exact) mass is 271 g/mol. The van der Waals surface area contributed by atoms with Crippen LogP contribution in [0.1, 0.15) is 17.4 Å². The molecule has 0 aliphatic heterocycles. The summed E-state index contributed by atoms with van der Waals surface area (Å²) in [6.07, 6.45) is 1.52. The van der Waals surface area contributed by atoms with Crippen molar-refractivity contribution in [1.82, 2.24) is 9.71 Å². The maximum atomic E-state index is 11.8. The van der Waals surface area contributed by atoms with Gasteiger partial charge in [0, 0.05) is 0 Å². The lowest BCUT2D eigenvalue weighted by Gasteiger charge is -2.01. The van der Waals surface area contributed by atoms with Crippen LogP contribution in [0, 0.1) is 6.92 Å². The van der Waals surface area contributed by atoms with Gasteiger partial charge in [0.25, 0.3) is 10.0 Å². The lowest BCUT2D eigenvalue weighted by molar-refractivity contribution is 0.410. The van der Waals surface area contributed by atoms with E-state index in [2.05, 4.69) is 9.71 Å². The first-order valence-electron chi connectivity index (χ1n) is 5.21. The minimum Gasteiger partial charge on any atom is -0.447 e. The van der Waals surface area contributed by atoms with Crippen molar-refractivity contribution < 1.29 is 17.3 Å². The summed E-state index contributed by atoms with van der Waals surface area (Å²) in [6.45, 7) is 1.84. The summed E-state index contributed by atoms with van der Waals surface area (Å²) < 4.78 is 36.2. The van der Waals surface area contributed by atoms with E-state index < -0.39 is 10.0 Å². The molecule has 2 aromatic heterocycles. The molecular formula is C10H13N3O4S. The van der Waals surface area contributed by atoms with Gasteiger partial charge in [-0.05, 0) is 19.1 Å². The van der Waals surface area contributed by atoms with Gasteiger partial charge in [0.2, 0.25) is 11.0 Å². The van der Waals surface area contributed by atoms with Gasteiger partial charge in [-0.25, -0.2) is 13.4 Å². The molecule has 0 aliphatic carbocycles. The largest absolute Gasteiger partial charge is 0.447 e. The summed E-state index contributed by atoms with van der Waals surface area (Å²) in [4.78, 5) is 3.89. The second-order valence-electron chi connectivity index (χ2n) is 3.61. The van der Waals surface area contributed by atoms with Gasteiger partial charge < -0.3 is 14.6 Å². The average Bonchev–Trinajstić information content (AvgIpc) is 2.95. The number of hydrogen-bond acceptors (Lipinski definition) is 6. The van der Waals surface area contributed by atoms with Crippen molar-refractivity contribution in [2.75, 3.05) is 0 Å². The van der Waals surface area contributed by atoms with Crippen LogP contribution in [-0.2, 0) is 23.1 Å². The van der Waals surface area contributed by atoms with Gasteiger partial charge in [-0.2, -0.15) is 4.72 Å². The number of hydrogen-bond donors (Lipinski definition) is 2. The second-order valence-corrected chi connectivity index (χ2v) is 5.31. The number of nitrogens with two attached hydrogens (primary N) is 1. The topological polar surface area (TPSA) is 111 Å². The predicted octanol–water partition coefficient (Wildman–Crippen LogP) is 0.513. The molecule has 0 atom stereocenters. The Bertz CT molecular complexity index is 629. The van der Waals surface area contributed by atoms with Crippen LogP contribution < -0.4 is 10.5 Å². The van der Waals surface area contributed by atoms with E-state index in [4.69, 9.17) is 14.6 Å². The molecule has 18 heavy (non-hydrogen) atoms. The highest BCUT2D eigenvalue weighted by molar-refractivity contribution is 7.89. The zero-order valence-electron chi connectivity index (χ0n) is 9.71. The van der Waals surface area contributed by atoms with E-state index in [9.17, 15) is 8.42 Å². The van der Waals surface area contributed by atoms with Crippen LogP contribution in [0.5, 0.6) is 0 Å². The zero-order valence-corrected chi connectivity index (χ0v) is 10.5. The molecule has 7 nitrogen and oxygen atoms in total. The third-order valence-corrected chi connectivity index (χ3v) is 3.46. The summed E-state index contributed by atoms with van der Waals surface area (Å²) in [5.41, 5.74) is 5.34. The van der Waals surface area contributed by atoms with Gasteiger partial charge in [0.1, 0.15) is 11.5 Å². The average molecular weight is 271 g/mol. The van der Waals surface area contributed by atoms with Gasteiger partial charge in [-0.3, -0.25) is 0 Å². The van der Waals surface area contributed by atoms with Crippen molar-refractivity contribution in [2.45, 2.75) is 25.1 Å². The number of nitrogens with zero attached hydrogens (tertiary/aromatic N) is 1. The lowest BCUT2D eigenvalue weighted by Crippen LogP contribution is -2.22. The number of rotatable bonds is 5. The second kappa shape index (κ2) is 4.92. The van der Waals surface area contributed by atoms with Gasteiger partial charge in [-0.1, -0.05) is 0 Å². The molecule has 2 heterocycles. The molecule has 0 unspecified atom stereocenters. The van der Waals surface area contributed by atoms with Gasteiger partial charge >= 0.3 is 0 Å². The van der Waals surface area contributed by atoms with Gasteiger partial charge in [-0.15, -0.1) is 0 Å². The molecule has 8 heteroatoms. The molecule has 0 aromatic carbocycles. The fourth-order valence-corrected chi connectivity index (χ4v) is 2.24. The van der Waals surface area contributed by atoms with Crippen molar-refractivity contribution >= 4 is 10.0 Å². The van der Waals surface area contributed by atoms with E-state index in [1.807, 2.05) is 0 Å². The van der Waals surface area contributed by atoms with Crippen LogP contribution in [0.3, 0.4) is 0 Å². The van der Waals surface area contributed by atoms with Crippen LogP contribution >= 0.6 is 0 Å². The molecule has 2 aromatic rings. The molecule has 0 bridgehead atoms. The number of oxazole rings is 1. The summed E-state index contributed by atoms with van der Waals surface area (Å²) in [5.74, 6) is 1.32. The quantitative estimate of drug-likeness (QED) is 0.819. The molecule has 0 amide bonds. The summed E-state index contributed by atoms with van der Waals surface area (Å²) in [7, 11) is -3.71. The SMILES string of the molecule is Cc1cnc(CNS(=O)(=O)c2ccc(CN)o2)o1. The summed E-state index contributed by atoms with van der Waals surface area (Å²) in [5, 5.41) is -0.175. The minimum atomic E-state index is -3.71. The Morgan fingerprint density at radius 3 is 2.72 bits per heavy atom.